The molecule has 1 aromatic heterocycles. The summed E-state index contributed by atoms with van der Waals surface area (Å²) in [5, 5.41) is 1.21. The number of ether oxygens (including phenoxy) is 1. The van der Waals surface area contributed by atoms with Gasteiger partial charge in [0, 0.05) is 6.42 Å². The number of nitrogens with two attached hydrogens (primary N) is 1. The van der Waals surface area contributed by atoms with Crippen molar-refractivity contribution in [1.29, 1.82) is 0 Å². The fourth-order valence-corrected chi connectivity index (χ4v) is 2.96. The highest BCUT2D eigenvalue weighted by atomic mass is 32.1. The average Bonchev–Trinajstić information content (AvgIpc) is 2.69. The van der Waals surface area contributed by atoms with Crippen LogP contribution in [0.3, 0.4) is 0 Å². The number of fused-ring (bicyclic) bond motifs is 1. The van der Waals surface area contributed by atoms with Crippen molar-refractivity contribution >= 4 is 21.6 Å². The van der Waals surface area contributed by atoms with Crippen molar-refractivity contribution in [1.82, 2.24) is 4.98 Å². The minimum absolute atomic E-state index is 0.644. The van der Waals surface area contributed by atoms with Gasteiger partial charge in [0.1, 0.15) is 5.75 Å². The molecule has 0 amide bonds. The number of rotatable bonds is 6. The van der Waals surface area contributed by atoms with Gasteiger partial charge < -0.3 is 10.5 Å². The van der Waals surface area contributed by atoms with E-state index in [2.05, 4.69) is 24.9 Å². The van der Waals surface area contributed by atoms with E-state index >= 15 is 0 Å². The van der Waals surface area contributed by atoms with Gasteiger partial charge in [-0.15, -0.1) is 11.3 Å². The first-order valence-corrected chi connectivity index (χ1v) is 7.23. The summed E-state index contributed by atoms with van der Waals surface area (Å²) in [4.78, 5) is 4.63. The van der Waals surface area contributed by atoms with Crippen LogP contribution in [-0.2, 0) is 6.42 Å². The lowest BCUT2D eigenvalue weighted by atomic mass is 10.1. The van der Waals surface area contributed by atoms with Crippen molar-refractivity contribution in [3.05, 3.63) is 23.2 Å². The van der Waals surface area contributed by atoms with E-state index in [0.29, 0.717) is 19.1 Å². The summed E-state index contributed by atoms with van der Waals surface area (Å²) in [6.07, 6.45) is 1.93. The third-order valence-electron chi connectivity index (χ3n) is 2.60. The third-order valence-corrected chi connectivity index (χ3v) is 3.64. The van der Waals surface area contributed by atoms with Gasteiger partial charge in [-0.3, -0.25) is 0 Å². The zero-order valence-corrected chi connectivity index (χ0v) is 11.8. The topological polar surface area (TPSA) is 48.1 Å². The molecule has 4 heteroatoms. The minimum atomic E-state index is 0.644. The van der Waals surface area contributed by atoms with Gasteiger partial charge in [0.2, 0.25) is 0 Å². The lowest BCUT2D eigenvalue weighted by Crippen LogP contribution is -2.05. The zero-order valence-electron chi connectivity index (χ0n) is 11.0. The summed E-state index contributed by atoms with van der Waals surface area (Å²) in [7, 11) is 0. The van der Waals surface area contributed by atoms with Crippen LogP contribution in [-0.4, -0.2) is 18.1 Å². The van der Waals surface area contributed by atoms with Crippen molar-refractivity contribution in [2.24, 2.45) is 11.7 Å². The molecule has 2 rings (SSSR count). The highest BCUT2D eigenvalue weighted by Crippen LogP contribution is 2.27. The van der Waals surface area contributed by atoms with Crippen molar-refractivity contribution in [3.63, 3.8) is 0 Å². The summed E-state index contributed by atoms with van der Waals surface area (Å²) in [6, 6.07) is 6.10. The van der Waals surface area contributed by atoms with E-state index in [0.717, 1.165) is 24.1 Å². The molecule has 0 bridgehead atoms. The first-order chi connectivity index (χ1) is 8.69. The highest BCUT2D eigenvalue weighted by molar-refractivity contribution is 7.18. The average molecular weight is 264 g/mol. The molecular weight excluding hydrogens is 244 g/mol. The molecule has 0 spiro atoms. The Morgan fingerprint density at radius 1 is 1.39 bits per heavy atom. The molecule has 1 heterocycles. The van der Waals surface area contributed by atoms with Gasteiger partial charge in [-0.2, -0.15) is 0 Å². The van der Waals surface area contributed by atoms with Crippen LogP contribution in [0.4, 0.5) is 0 Å². The molecule has 2 aromatic rings. The second-order valence-electron chi connectivity index (χ2n) is 4.83. The van der Waals surface area contributed by atoms with Crippen LogP contribution in [0.25, 0.3) is 10.2 Å². The molecule has 0 aliphatic carbocycles. The van der Waals surface area contributed by atoms with Crippen LogP contribution in [0, 0.1) is 5.92 Å². The number of aromatic nitrogens is 1. The molecule has 1 aromatic carbocycles. The summed E-state index contributed by atoms with van der Waals surface area (Å²) >= 11 is 1.76. The number of nitrogens with zero attached hydrogens (tertiary/aromatic N) is 1. The van der Waals surface area contributed by atoms with Gasteiger partial charge >= 0.3 is 0 Å². The summed E-state index contributed by atoms with van der Waals surface area (Å²) in [6.45, 7) is 5.78. The third kappa shape index (κ3) is 3.43. The van der Waals surface area contributed by atoms with Gasteiger partial charge in [-0.1, -0.05) is 13.8 Å². The maximum atomic E-state index is 5.64. The Morgan fingerprint density at radius 3 is 2.94 bits per heavy atom. The van der Waals surface area contributed by atoms with Crippen LogP contribution in [0.5, 0.6) is 5.75 Å². The molecule has 98 valence electrons. The zero-order chi connectivity index (χ0) is 13.0. The quantitative estimate of drug-likeness (QED) is 0.815. The predicted octanol–water partition coefficient (Wildman–Crippen LogP) is 3.22. The van der Waals surface area contributed by atoms with E-state index in [1.165, 1.54) is 9.71 Å². The lowest BCUT2D eigenvalue weighted by Gasteiger charge is -2.04. The molecule has 0 aliphatic rings. The van der Waals surface area contributed by atoms with E-state index in [1.54, 1.807) is 11.3 Å². The van der Waals surface area contributed by atoms with Gasteiger partial charge in [0.25, 0.3) is 0 Å². The Morgan fingerprint density at radius 2 is 2.22 bits per heavy atom. The van der Waals surface area contributed by atoms with Crippen LogP contribution in [0.15, 0.2) is 18.2 Å². The van der Waals surface area contributed by atoms with Crippen LogP contribution < -0.4 is 10.5 Å². The first-order valence-electron chi connectivity index (χ1n) is 6.41. The Labute approximate surface area is 112 Å². The largest absolute Gasteiger partial charge is 0.493 e. The fraction of sp³-hybridized carbons (Fsp3) is 0.500. The number of hydrogen-bond acceptors (Lipinski definition) is 4. The Kier molecular flexibility index (Phi) is 4.55. The first kappa shape index (κ1) is 13.3. The summed E-state index contributed by atoms with van der Waals surface area (Å²) in [5.41, 5.74) is 6.52. The van der Waals surface area contributed by atoms with Crippen molar-refractivity contribution in [2.75, 3.05) is 13.2 Å². The Hall–Kier alpha value is -1.13. The Balaban J connectivity index is 2.12. The molecule has 3 nitrogen and oxygen atoms in total. The minimum Gasteiger partial charge on any atom is -0.493 e. The van der Waals surface area contributed by atoms with E-state index in [1.807, 2.05) is 12.1 Å². The van der Waals surface area contributed by atoms with Crippen LogP contribution >= 0.6 is 11.3 Å². The van der Waals surface area contributed by atoms with E-state index in [-0.39, 0.29) is 0 Å². The molecule has 0 aliphatic heterocycles. The molecule has 0 unspecified atom stereocenters. The molecule has 0 fully saturated rings. The molecule has 0 saturated carbocycles. The van der Waals surface area contributed by atoms with Crippen LogP contribution in [0.1, 0.15) is 25.3 Å². The van der Waals surface area contributed by atoms with E-state index in [9.17, 15) is 0 Å². The molecule has 0 saturated heterocycles. The lowest BCUT2D eigenvalue weighted by molar-refractivity contribution is 0.314. The predicted molar refractivity (Wildman–Crippen MR) is 77.3 cm³/mol. The standard InChI is InChI=1S/C14H20N2OS/c1-10(2)8-14-16-12-5-4-11(9-13(12)18-14)17-7-3-6-15/h4-5,9-10H,3,6-8,15H2,1-2H3. The van der Waals surface area contributed by atoms with Crippen molar-refractivity contribution < 1.29 is 4.74 Å². The summed E-state index contributed by atoms with van der Waals surface area (Å²) < 4.78 is 6.85. The maximum absolute atomic E-state index is 5.64. The second kappa shape index (κ2) is 6.16. The Bertz CT molecular complexity index is 507. The monoisotopic (exact) mass is 264 g/mol. The molecular formula is C14H20N2OS. The van der Waals surface area contributed by atoms with E-state index < -0.39 is 0 Å². The van der Waals surface area contributed by atoms with Crippen molar-refractivity contribution in [2.45, 2.75) is 26.7 Å². The fourth-order valence-electron chi connectivity index (χ4n) is 1.75. The number of thiazole rings is 1. The van der Waals surface area contributed by atoms with E-state index in [4.69, 9.17) is 10.5 Å². The summed E-state index contributed by atoms with van der Waals surface area (Å²) in [5.74, 6) is 1.56. The van der Waals surface area contributed by atoms with Crippen LogP contribution in [0.2, 0.25) is 0 Å². The van der Waals surface area contributed by atoms with Gasteiger partial charge in [-0.05, 0) is 37.1 Å². The van der Waals surface area contributed by atoms with Gasteiger partial charge in [-0.25, -0.2) is 4.98 Å². The molecule has 0 radical (unpaired) electrons. The molecule has 0 atom stereocenters. The maximum Gasteiger partial charge on any atom is 0.120 e. The second-order valence-corrected chi connectivity index (χ2v) is 5.94. The van der Waals surface area contributed by atoms with Gasteiger partial charge in [0.15, 0.2) is 0 Å². The number of benzene rings is 1. The van der Waals surface area contributed by atoms with Gasteiger partial charge in [0.05, 0.1) is 21.8 Å². The number of hydrogen-bond donors (Lipinski definition) is 1. The molecule has 18 heavy (non-hydrogen) atoms. The molecule has 2 N–H and O–H groups in total. The highest BCUT2D eigenvalue weighted by Gasteiger charge is 2.06. The van der Waals surface area contributed by atoms with Crippen molar-refractivity contribution in [3.8, 4) is 5.75 Å². The SMILES string of the molecule is CC(C)Cc1nc2ccc(OCCCN)cc2s1. The smallest absolute Gasteiger partial charge is 0.120 e. The normalized spacial score (nSPS) is 11.3.